The number of fused-ring (bicyclic) bond motifs is 4. The van der Waals surface area contributed by atoms with Gasteiger partial charge in [-0.1, -0.05) is 23.9 Å². The number of aromatic carboxylic acids is 1. The Kier molecular flexibility index (Phi) is 5.44. The molecule has 3 aromatic rings. The normalized spacial score (nSPS) is 18.2. The molecule has 4 heterocycles. The van der Waals surface area contributed by atoms with Gasteiger partial charge >= 0.3 is 5.97 Å². The molecular weight excluding hydrogens is 504 g/mol. The summed E-state index contributed by atoms with van der Waals surface area (Å²) >= 11 is 1.25. The van der Waals surface area contributed by atoms with Crippen LogP contribution in [0.1, 0.15) is 10.4 Å². The van der Waals surface area contributed by atoms with Crippen LogP contribution in [-0.2, 0) is 10.7 Å². The van der Waals surface area contributed by atoms with E-state index < -0.39 is 22.4 Å². The van der Waals surface area contributed by atoms with Crippen molar-refractivity contribution < 1.29 is 29.1 Å². The number of rotatable bonds is 4. The summed E-state index contributed by atoms with van der Waals surface area (Å²) in [4.78, 5) is 52.4. The molecule has 1 N–H and O–H groups in total. The van der Waals surface area contributed by atoms with E-state index in [2.05, 4.69) is 0 Å². The van der Waals surface area contributed by atoms with Gasteiger partial charge in [0.15, 0.2) is 11.5 Å². The van der Waals surface area contributed by atoms with E-state index >= 15 is 0 Å². The van der Waals surface area contributed by atoms with E-state index in [0.717, 1.165) is 6.07 Å². The number of para-hydroxylation sites is 2. The topological polar surface area (TPSA) is 144 Å². The number of carbonyl (C=O) groups is 2. The summed E-state index contributed by atoms with van der Waals surface area (Å²) < 4.78 is 13.2. The monoisotopic (exact) mass is 524 g/mol. The maximum Gasteiger partial charge on any atom is 0.342 e. The number of aromatic nitrogens is 1. The van der Waals surface area contributed by atoms with Crippen molar-refractivity contribution in [2.75, 3.05) is 37.7 Å². The largest absolute Gasteiger partial charge is 0.485 e. The third kappa shape index (κ3) is 3.73. The van der Waals surface area contributed by atoms with Crippen LogP contribution >= 0.6 is 11.8 Å². The second kappa shape index (κ2) is 8.69. The van der Waals surface area contributed by atoms with E-state index in [1.165, 1.54) is 11.8 Å². The van der Waals surface area contributed by atoms with E-state index in [-0.39, 0.29) is 29.2 Å². The van der Waals surface area contributed by atoms with Crippen LogP contribution in [0, 0.1) is 10.1 Å². The molecule has 0 bridgehead atoms. The number of benzene rings is 2. The minimum absolute atomic E-state index is 0.000409. The van der Waals surface area contributed by atoms with Crippen molar-refractivity contribution in [3.8, 4) is 11.5 Å². The first-order chi connectivity index (χ1) is 17.8. The van der Waals surface area contributed by atoms with Gasteiger partial charge < -0.3 is 28.9 Å². The van der Waals surface area contributed by atoms with Crippen LogP contribution in [0.25, 0.3) is 10.9 Å². The number of carbonyl (C=O) groups excluding carboxylic acids is 1. The van der Waals surface area contributed by atoms with Crippen molar-refractivity contribution in [3.05, 3.63) is 62.3 Å². The number of piperazine rings is 1. The maximum atomic E-state index is 13.1. The van der Waals surface area contributed by atoms with Crippen LogP contribution in [0.15, 0.2) is 46.2 Å². The molecule has 2 aromatic carbocycles. The maximum absolute atomic E-state index is 13.1. The average Bonchev–Trinajstić information content (AvgIpc) is 2.89. The van der Waals surface area contributed by atoms with Crippen molar-refractivity contribution >= 4 is 45.9 Å². The van der Waals surface area contributed by atoms with Gasteiger partial charge in [-0.05, 0) is 18.2 Å². The van der Waals surface area contributed by atoms with Crippen LogP contribution in [0.4, 0.5) is 11.4 Å². The summed E-state index contributed by atoms with van der Waals surface area (Å²) in [6.45, 7) is 1.41. The van der Waals surface area contributed by atoms with Gasteiger partial charge in [0.1, 0.15) is 17.9 Å². The lowest BCUT2D eigenvalue weighted by atomic mass is 10.1. The van der Waals surface area contributed by atoms with Crippen LogP contribution in [0.3, 0.4) is 0 Å². The molecule has 6 rings (SSSR count). The predicted molar refractivity (Wildman–Crippen MR) is 133 cm³/mol. The second-order valence-corrected chi connectivity index (χ2v) is 9.74. The third-order valence-electron chi connectivity index (χ3n) is 6.77. The SMILES string of the molecule is O=C(O)c1c2n(c3cc(N4CCN(C(=O)C5COc6ccccc6O5)CC4)c([N+](=O)[O-])cc3c1=O)CS2. The molecule has 37 heavy (non-hydrogen) atoms. The highest BCUT2D eigenvalue weighted by molar-refractivity contribution is 7.99. The molecule has 0 aliphatic carbocycles. The zero-order valence-electron chi connectivity index (χ0n) is 19.3. The van der Waals surface area contributed by atoms with Gasteiger partial charge in [0.2, 0.25) is 11.5 Å². The standard InChI is InChI=1S/C24H20N4O8S/c29-21-13-9-16(28(33)34)15(10-14(13)27-12-37-23(27)20(21)24(31)32)25-5-7-26(8-6-25)22(30)19-11-35-17-3-1-2-4-18(17)36-19/h1-4,9-10,19H,5-8,11-12H2,(H,31,32). The number of ether oxygens (including phenoxy) is 2. The third-order valence-corrected chi connectivity index (χ3v) is 7.86. The molecule has 190 valence electrons. The summed E-state index contributed by atoms with van der Waals surface area (Å²) in [6.07, 6.45) is -0.775. The number of carboxylic acid groups (broad SMARTS) is 1. The Morgan fingerprint density at radius 3 is 2.49 bits per heavy atom. The molecule has 0 radical (unpaired) electrons. The van der Waals surface area contributed by atoms with E-state index in [4.69, 9.17) is 9.47 Å². The molecule has 0 saturated carbocycles. The van der Waals surface area contributed by atoms with E-state index in [0.29, 0.717) is 59.8 Å². The van der Waals surface area contributed by atoms with Crippen molar-refractivity contribution in [2.24, 2.45) is 0 Å². The number of nitro groups is 1. The fraction of sp³-hybridized carbons (Fsp3) is 0.292. The van der Waals surface area contributed by atoms with Gasteiger partial charge in [-0.2, -0.15) is 0 Å². The lowest BCUT2D eigenvalue weighted by molar-refractivity contribution is -0.384. The molecule has 1 atom stereocenters. The van der Waals surface area contributed by atoms with Gasteiger partial charge in [-0.25, -0.2) is 4.79 Å². The Hall–Kier alpha value is -4.26. The number of thioether (sulfide) groups is 1. The second-order valence-electron chi connectivity index (χ2n) is 8.81. The molecule has 1 amide bonds. The Bertz CT molecular complexity index is 1550. The smallest absolute Gasteiger partial charge is 0.342 e. The number of nitrogens with zero attached hydrogens (tertiary/aromatic N) is 4. The van der Waals surface area contributed by atoms with E-state index in [1.807, 2.05) is 11.0 Å². The molecule has 1 saturated heterocycles. The van der Waals surface area contributed by atoms with Gasteiger partial charge in [-0.15, -0.1) is 0 Å². The van der Waals surface area contributed by atoms with Crippen molar-refractivity contribution in [3.63, 3.8) is 0 Å². The highest BCUT2D eigenvalue weighted by atomic mass is 32.2. The lowest BCUT2D eigenvalue weighted by Gasteiger charge is -2.38. The van der Waals surface area contributed by atoms with Crippen LogP contribution in [0.2, 0.25) is 0 Å². The first-order valence-electron chi connectivity index (χ1n) is 11.5. The molecule has 1 unspecified atom stereocenters. The number of amides is 1. The first kappa shape index (κ1) is 23.2. The summed E-state index contributed by atoms with van der Waals surface area (Å²) in [5.74, 6) is -0.0323. The molecule has 3 aliphatic heterocycles. The number of hydrogen-bond acceptors (Lipinski definition) is 9. The molecule has 1 aromatic heterocycles. The number of pyridine rings is 1. The first-order valence-corrected chi connectivity index (χ1v) is 12.5. The summed E-state index contributed by atoms with van der Waals surface area (Å²) in [7, 11) is 0. The van der Waals surface area contributed by atoms with Gasteiger partial charge in [0.05, 0.1) is 26.7 Å². The predicted octanol–water partition coefficient (Wildman–Crippen LogP) is 2.16. The summed E-state index contributed by atoms with van der Waals surface area (Å²) in [6, 6.07) is 9.88. The number of hydrogen-bond donors (Lipinski definition) is 1. The molecule has 3 aliphatic rings. The Labute approximate surface area is 213 Å². The number of anilines is 1. The fourth-order valence-corrected chi connectivity index (χ4v) is 5.83. The van der Waals surface area contributed by atoms with Gasteiger partial charge in [-0.3, -0.25) is 19.7 Å². The Balaban J connectivity index is 1.26. The highest BCUT2D eigenvalue weighted by Crippen LogP contribution is 2.40. The minimum atomic E-state index is -1.36. The van der Waals surface area contributed by atoms with E-state index in [1.54, 1.807) is 33.7 Å². The van der Waals surface area contributed by atoms with Crippen molar-refractivity contribution in [1.82, 2.24) is 9.47 Å². The fourth-order valence-electron chi connectivity index (χ4n) is 4.88. The average molecular weight is 525 g/mol. The van der Waals surface area contributed by atoms with Crippen LogP contribution < -0.4 is 19.8 Å². The zero-order valence-corrected chi connectivity index (χ0v) is 20.1. The Morgan fingerprint density at radius 2 is 1.84 bits per heavy atom. The van der Waals surface area contributed by atoms with E-state index in [9.17, 15) is 29.6 Å². The van der Waals surface area contributed by atoms with Crippen LogP contribution in [-0.4, -0.2) is 70.3 Å². The van der Waals surface area contributed by atoms with Crippen LogP contribution in [0.5, 0.6) is 11.5 Å². The summed E-state index contributed by atoms with van der Waals surface area (Å²) in [5, 5.41) is 21.8. The van der Waals surface area contributed by atoms with Crippen molar-refractivity contribution in [1.29, 1.82) is 0 Å². The molecule has 13 heteroatoms. The zero-order chi connectivity index (χ0) is 25.8. The molecule has 1 fully saturated rings. The summed E-state index contributed by atoms with van der Waals surface area (Å²) in [5.41, 5.74) is -0.607. The lowest BCUT2D eigenvalue weighted by Crippen LogP contribution is -2.54. The molecule has 12 nitrogen and oxygen atoms in total. The van der Waals surface area contributed by atoms with Gasteiger partial charge in [0, 0.05) is 32.2 Å². The van der Waals surface area contributed by atoms with Gasteiger partial charge in [0.25, 0.3) is 11.6 Å². The molecule has 0 spiro atoms. The number of carboxylic acids is 1. The highest BCUT2D eigenvalue weighted by Gasteiger charge is 2.35. The minimum Gasteiger partial charge on any atom is -0.485 e. The van der Waals surface area contributed by atoms with Crippen molar-refractivity contribution in [2.45, 2.75) is 17.0 Å². The quantitative estimate of drug-likeness (QED) is 0.398. The molecular formula is C24H20N4O8S. The number of nitro benzene ring substituents is 1. The Morgan fingerprint density at radius 1 is 1.11 bits per heavy atom.